The molecule has 76 valence electrons. The first-order valence-electron chi connectivity index (χ1n) is 4.36. The Bertz CT molecular complexity index is 377. The predicted octanol–water partition coefficient (Wildman–Crippen LogP) is 1.66. The summed E-state index contributed by atoms with van der Waals surface area (Å²) in [6, 6.07) is 0. The summed E-state index contributed by atoms with van der Waals surface area (Å²) >= 11 is 0. The van der Waals surface area contributed by atoms with Crippen LogP contribution in [-0.2, 0) is 7.05 Å². The molecule has 0 amide bonds. The lowest BCUT2D eigenvalue weighted by molar-refractivity contribution is 0.0692. The van der Waals surface area contributed by atoms with Gasteiger partial charge in [0.05, 0.1) is 5.56 Å². The van der Waals surface area contributed by atoms with Crippen molar-refractivity contribution in [3.63, 3.8) is 0 Å². The molecule has 0 atom stereocenters. The molecule has 0 unspecified atom stereocenters. The number of rotatable bonds is 3. The normalized spacial score (nSPS) is 10.6. The van der Waals surface area contributed by atoms with Gasteiger partial charge in [0.15, 0.2) is 6.29 Å². The molecule has 0 aliphatic carbocycles. The number of aromatic carboxylic acids is 1. The molecule has 0 aromatic carbocycles. The van der Waals surface area contributed by atoms with Crippen LogP contribution in [0.1, 0.15) is 46.2 Å². The van der Waals surface area contributed by atoms with Gasteiger partial charge in [-0.25, -0.2) is 4.79 Å². The van der Waals surface area contributed by atoms with Crippen molar-refractivity contribution >= 4 is 12.3 Å². The van der Waals surface area contributed by atoms with Crippen molar-refractivity contribution in [1.29, 1.82) is 0 Å². The van der Waals surface area contributed by atoms with Crippen molar-refractivity contribution in [3.8, 4) is 0 Å². The van der Waals surface area contributed by atoms with Crippen LogP contribution in [0.3, 0.4) is 0 Å². The molecule has 0 radical (unpaired) electrons. The van der Waals surface area contributed by atoms with Gasteiger partial charge in [-0.15, -0.1) is 0 Å². The van der Waals surface area contributed by atoms with Gasteiger partial charge in [0.1, 0.15) is 0 Å². The summed E-state index contributed by atoms with van der Waals surface area (Å²) in [7, 11) is 1.74. The molecule has 0 bridgehead atoms. The van der Waals surface area contributed by atoms with Crippen LogP contribution in [0.15, 0.2) is 6.20 Å². The van der Waals surface area contributed by atoms with E-state index in [2.05, 4.69) is 0 Å². The lowest BCUT2D eigenvalue weighted by Crippen LogP contribution is -2.06. The number of nitrogens with zero attached hydrogens (tertiary/aromatic N) is 1. The van der Waals surface area contributed by atoms with Gasteiger partial charge in [0.25, 0.3) is 0 Å². The zero-order valence-electron chi connectivity index (χ0n) is 8.44. The van der Waals surface area contributed by atoms with E-state index < -0.39 is 5.97 Å². The number of aromatic nitrogens is 1. The number of aryl methyl sites for hydroxylation is 1. The molecule has 14 heavy (non-hydrogen) atoms. The second kappa shape index (κ2) is 3.65. The third-order valence-corrected chi connectivity index (χ3v) is 2.15. The number of hydrogen-bond donors (Lipinski definition) is 1. The van der Waals surface area contributed by atoms with Crippen molar-refractivity contribution < 1.29 is 14.7 Å². The Hall–Kier alpha value is -1.58. The van der Waals surface area contributed by atoms with Crippen molar-refractivity contribution in [2.75, 3.05) is 0 Å². The molecule has 1 rings (SSSR count). The third kappa shape index (κ3) is 1.55. The molecular weight excluding hydrogens is 182 g/mol. The van der Waals surface area contributed by atoms with E-state index in [1.165, 1.54) is 0 Å². The standard InChI is InChI=1S/C10H13NO3/c1-6(2)9-8(10(13)14)7(5-12)4-11(9)3/h4-6H,1-3H3,(H,13,14). The zero-order chi connectivity index (χ0) is 10.9. The maximum Gasteiger partial charge on any atom is 0.338 e. The summed E-state index contributed by atoms with van der Waals surface area (Å²) in [6.07, 6.45) is 2.13. The molecular formula is C10H13NO3. The van der Waals surface area contributed by atoms with Crippen LogP contribution in [0.5, 0.6) is 0 Å². The van der Waals surface area contributed by atoms with Crippen molar-refractivity contribution in [2.24, 2.45) is 7.05 Å². The molecule has 1 aromatic heterocycles. The summed E-state index contributed by atoms with van der Waals surface area (Å²) in [5.41, 5.74) is 1.04. The molecule has 0 aliphatic heterocycles. The Kier molecular flexibility index (Phi) is 2.74. The largest absolute Gasteiger partial charge is 0.478 e. The van der Waals surface area contributed by atoms with Crippen LogP contribution in [0, 0.1) is 0 Å². The van der Waals surface area contributed by atoms with Gasteiger partial charge in [-0.1, -0.05) is 13.8 Å². The van der Waals surface area contributed by atoms with Crippen molar-refractivity contribution in [2.45, 2.75) is 19.8 Å². The van der Waals surface area contributed by atoms with Crippen LogP contribution in [0.25, 0.3) is 0 Å². The van der Waals surface area contributed by atoms with E-state index >= 15 is 0 Å². The molecule has 1 heterocycles. The Labute approximate surface area is 82.2 Å². The van der Waals surface area contributed by atoms with Gasteiger partial charge in [0.2, 0.25) is 0 Å². The maximum atomic E-state index is 10.9. The Morgan fingerprint density at radius 2 is 2.14 bits per heavy atom. The first-order valence-corrected chi connectivity index (χ1v) is 4.36. The number of carbonyl (C=O) groups excluding carboxylic acids is 1. The SMILES string of the molecule is CC(C)c1c(C(=O)O)c(C=O)cn1C. The fourth-order valence-electron chi connectivity index (χ4n) is 1.69. The summed E-state index contributed by atoms with van der Waals surface area (Å²) in [5.74, 6) is -0.962. The highest BCUT2D eigenvalue weighted by Gasteiger charge is 2.21. The molecule has 1 N–H and O–H groups in total. The highest BCUT2D eigenvalue weighted by Crippen LogP contribution is 2.23. The molecule has 0 aliphatic rings. The van der Waals surface area contributed by atoms with Crippen LogP contribution >= 0.6 is 0 Å². The second-order valence-electron chi connectivity index (χ2n) is 3.53. The zero-order valence-corrected chi connectivity index (χ0v) is 8.44. The van der Waals surface area contributed by atoms with E-state index in [9.17, 15) is 9.59 Å². The van der Waals surface area contributed by atoms with E-state index in [-0.39, 0.29) is 17.0 Å². The summed E-state index contributed by atoms with van der Waals surface area (Å²) < 4.78 is 1.69. The van der Waals surface area contributed by atoms with Crippen LogP contribution in [0.4, 0.5) is 0 Å². The first kappa shape index (κ1) is 10.5. The monoisotopic (exact) mass is 195 g/mol. The van der Waals surface area contributed by atoms with E-state index in [4.69, 9.17) is 5.11 Å². The van der Waals surface area contributed by atoms with Crippen LogP contribution < -0.4 is 0 Å². The first-order chi connectivity index (χ1) is 6.49. The minimum absolute atomic E-state index is 0.0831. The smallest absolute Gasteiger partial charge is 0.338 e. The molecule has 0 spiro atoms. The minimum Gasteiger partial charge on any atom is -0.478 e. The number of hydrogen-bond acceptors (Lipinski definition) is 2. The van der Waals surface area contributed by atoms with Crippen molar-refractivity contribution in [1.82, 2.24) is 4.57 Å². The van der Waals surface area contributed by atoms with Gasteiger partial charge in [-0.2, -0.15) is 0 Å². The van der Waals surface area contributed by atoms with Crippen LogP contribution in [0.2, 0.25) is 0 Å². The highest BCUT2D eigenvalue weighted by molar-refractivity contribution is 5.98. The summed E-state index contributed by atoms with van der Waals surface area (Å²) in [6.45, 7) is 3.80. The fraction of sp³-hybridized carbons (Fsp3) is 0.400. The Balaban J connectivity index is 3.46. The molecule has 0 fully saturated rings. The number of carbonyl (C=O) groups is 2. The quantitative estimate of drug-likeness (QED) is 0.746. The van der Waals surface area contributed by atoms with E-state index in [1.54, 1.807) is 17.8 Å². The Morgan fingerprint density at radius 1 is 1.57 bits per heavy atom. The molecule has 1 aromatic rings. The fourth-order valence-corrected chi connectivity index (χ4v) is 1.69. The van der Waals surface area contributed by atoms with E-state index in [0.717, 1.165) is 0 Å². The topological polar surface area (TPSA) is 59.3 Å². The van der Waals surface area contributed by atoms with Gasteiger partial charge < -0.3 is 9.67 Å². The summed E-state index contributed by atoms with van der Waals surface area (Å²) in [4.78, 5) is 21.6. The lowest BCUT2D eigenvalue weighted by Gasteiger charge is -2.08. The average molecular weight is 195 g/mol. The number of carboxylic acids is 1. The highest BCUT2D eigenvalue weighted by atomic mass is 16.4. The van der Waals surface area contributed by atoms with E-state index in [0.29, 0.717) is 12.0 Å². The van der Waals surface area contributed by atoms with Gasteiger partial charge >= 0.3 is 5.97 Å². The minimum atomic E-state index is -1.05. The van der Waals surface area contributed by atoms with E-state index in [1.807, 2.05) is 13.8 Å². The molecule has 4 nitrogen and oxygen atoms in total. The molecule has 4 heteroatoms. The van der Waals surface area contributed by atoms with Crippen molar-refractivity contribution in [3.05, 3.63) is 23.0 Å². The molecule has 0 saturated heterocycles. The number of aldehydes is 1. The average Bonchev–Trinajstić information content (AvgIpc) is 2.41. The third-order valence-electron chi connectivity index (χ3n) is 2.15. The Morgan fingerprint density at radius 3 is 2.50 bits per heavy atom. The predicted molar refractivity (Wildman–Crippen MR) is 51.8 cm³/mol. The maximum absolute atomic E-state index is 10.9. The molecule has 0 saturated carbocycles. The van der Waals surface area contributed by atoms with Crippen LogP contribution in [-0.4, -0.2) is 21.9 Å². The summed E-state index contributed by atoms with van der Waals surface area (Å²) in [5, 5.41) is 8.97. The van der Waals surface area contributed by atoms with Gasteiger partial charge in [-0.05, 0) is 5.92 Å². The second-order valence-corrected chi connectivity index (χ2v) is 3.53. The number of carboxylic acid groups (broad SMARTS) is 1. The van der Waals surface area contributed by atoms with Gasteiger partial charge in [0, 0.05) is 24.5 Å². The van der Waals surface area contributed by atoms with Gasteiger partial charge in [-0.3, -0.25) is 4.79 Å². The lowest BCUT2D eigenvalue weighted by atomic mass is 10.0.